The van der Waals surface area contributed by atoms with Crippen molar-refractivity contribution in [2.24, 2.45) is 0 Å². The first kappa shape index (κ1) is 18.9. The molecule has 1 aromatic heterocycles. The molecule has 3 aromatic rings. The van der Waals surface area contributed by atoms with Crippen LogP contribution in [0.3, 0.4) is 0 Å². The molecule has 140 valence electrons. The van der Waals surface area contributed by atoms with E-state index in [0.717, 1.165) is 5.69 Å². The number of carbonyl (C=O) groups excluding carboxylic acids is 1. The summed E-state index contributed by atoms with van der Waals surface area (Å²) in [4.78, 5) is 16.8. The van der Waals surface area contributed by atoms with E-state index in [1.54, 1.807) is 30.3 Å². The minimum atomic E-state index is -3.86. The third-order valence-electron chi connectivity index (χ3n) is 3.63. The van der Waals surface area contributed by atoms with Gasteiger partial charge in [0.25, 0.3) is 15.9 Å². The summed E-state index contributed by atoms with van der Waals surface area (Å²) < 4.78 is 32.8. The largest absolute Gasteiger partial charge is 0.497 e. The number of nitrogens with zero attached hydrogens (tertiary/aromatic N) is 1. The molecule has 0 unspecified atom stereocenters. The Morgan fingerprint density at radius 2 is 1.81 bits per heavy atom. The van der Waals surface area contributed by atoms with Gasteiger partial charge < -0.3 is 4.74 Å². The van der Waals surface area contributed by atoms with Crippen LogP contribution in [0.25, 0.3) is 0 Å². The molecule has 2 aromatic carbocycles. The molecule has 0 saturated carbocycles. The van der Waals surface area contributed by atoms with Crippen LogP contribution in [-0.4, -0.2) is 26.4 Å². The number of rotatable bonds is 6. The van der Waals surface area contributed by atoms with Gasteiger partial charge in [-0.3, -0.25) is 14.8 Å². The van der Waals surface area contributed by atoms with Gasteiger partial charge in [0, 0.05) is 5.38 Å². The second-order valence-corrected chi connectivity index (χ2v) is 8.12. The normalized spacial score (nSPS) is 11.0. The highest BCUT2D eigenvalue weighted by molar-refractivity contribution is 7.92. The Hall–Kier alpha value is -2.91. The molecule has 2 N–H and O–H groups in total. The fourth-order valence-corrected chi connectivity index (χ4v) is 4.07. The molecule has 0 atom stereocenters. The highest BCUT2D eigenvalue weighted by Gasteiger charge is 2.19. The Bertz CT molecular complexity index is 1060. The summed E-state index contributed by atoms with van der Waals surface area (Å²) in [6.07, 6.45) is 0. The zero-order valence-electron chi connectivity index (χ0n) is 14.6. The molecule has 9 heteroatoms. The minimum absolute atomic E-state index is 0.0639. The van der Waals surface area contributed by atoms with Crippen molar-refractivity contribution >= 4 is 38.1 Å². The Kier molecular flexibility index (Phi) is 5.43. The van der Waals surface area contributed by atoms with Crippen molar-refractivity contribution in [1.82, 2.24) is 4.98 Å². The molecule has 0 aliphatic rings. The number of hydrogen-bond acceptors (Lipinski definition) is 6. The number of carbonyl (C=O) groups is 1. The maximum absolute atomic E-state index is 12.6. The average molecular weight is 403 g/mol. The van der Waals surface area contributed by atoms with Crippen molar-refractivity contribution in [1.29, 1.82) is 0 Å². The lowest BCUT2D eigenvalue weighted by Gasteiger charge is -2.12. The summed E-state index contributed by atoms with van der Waals surface area (Å²) in [6, 6.07) is 12.4. The standard InChI is InChI=1S/C18H17N3O4S2/c1-12-11-26-18(19-12)20-17(22)15-5-3-4-6-16(15)21-27(23,24)14-9-7-13(25-2)8-10-14/h3-11,21H,1-2H3,(H,19,20,22). The number of methoxy groups -OCH3 is 1. The van der Waals surface area contributed by atoms with Crippen LogP contribution < -0.4 is 14.8 Å². The van der Waals surface area contributed by atoms with E-state index < -0.39 is 15.9 Å². The van der Waals surface area contributed by atoms with Gasteiger partial charge in [0.2, 0.25) is 0 Å². The lowest BCUT2D eigenvalue weighted by atomic mass is 10.2. The number of aromatic nitrogens is 1. The van der Waals surface area contributed by atoms with E-state index in [9.17, 15) is 13.2 Å². The zero-order chi connectivity index (χ0) is 19.4. The first-order valence-corrected chi connectivity index (χ1v) is 10.2. The first-order chi connectivity index (χ1) is 12.9. The van der Waals surface area contributed by atoms with E-state index in [-0.39, 0.29) is 16.1 Å². The fourth-order valence-electron chi connectivity index (χ4n) is 2.30. The van der Waals surface area contributed by atoms with Crippen LogP contribution in [0.1, 0.15) is 16.1 Å². The Morgan fingerprint density at radius 1 is 1.11 bits per heavy atom. The number of hydrogen-bond donors (Lipinski definition) is 2. The fraction of sp³-hybridized carbons (Fsp3) is 0.111. The minimum Gasteiger partial charge on any atom is -0.497 e. The van der Waals surface area contributed by atoms with Crippen LogP contribution in [0.4, 0.5) is 10.8 Å². The number of amides is 1. The molecular formula is C18H17N3O4S2. The monoisotopic (exact) mass is 403 g/mol. The number of thiazole rings is 1. The molecule has 0 bridgehead atoms. The molecule has 27 heavy (non-hydrogen) atoms. The van der Waals surface area contributed by atoms with Crippen molar-refractivity contribution < 1.29 is 17.9 Å². The molecule has 1 amide bonds. The van der Waals surface area contributed by atoms with Crippen molar-refractivity contribution in [2.45, 2.75) is 11.8 Å². The molecule has 1 heterocycles. The van der Waals surface area contributed by atoms with Gasteiger partial charge in [-0.05, 0) is 43.3 Å². The number of para-hydroxylation sites is 1. The third kappa shape index (κ3) is 4.44. The summed E-state index contributed by atoms with van der Waals surface area (Å²) in [7, 11) is -2.36. The molecule has 0 radical (unpaired) electrons. The second kappa shape index (κ2) is 7.77. The molecule has 0 saturated heterocycles. The molecule has 0 spiro atoms. The number of benzene rings is 2. The number of aryl methyl sites for hydroxylation is 1. The predicted molar refractivity (Wildman–Crippen MR) is 105 cm³/mol. The van der Waals surface area contributed by atoms with Gasteiger partial charge in [-0.15, -0.1) is 11.3 Å². The van der Waals surface area contributed by atoms with Gasteiger partial charge >= 0.3 is 0 Å². The predicted octanol–water partition coefficient (Wildman–Crippen LogP) is 3.51. The van der Waals surface area contributed by atoms with Crippen LogP contribution in [0, 0.1) is 6.92 Å². The van der Waals surface area contributed by atoms with E-state index >= 15 is 0 Å². The quantitative estimate of drug-likeness (QED) is 0.656. The highest BCUT2D eigenvalue weighted by atomic mass is 32.2. The van der Waals surface area contributed by atoms with Crippen LogP contribution in [0.5, 0.6) is 5.75 Å². The van der Waals surface area contributed by atoms with E-state index in [1.165, 1.54) is 36.6 Å². The van der Waals surface area contributed by atoms with Gasteiger partial charge in [0.1, 0.15) is 5.75 Å². The van der Waals surface area contributed by atoms with E-state index in [2.05, 4.69) is 15.0 Å². The Morgan fingerprint density at radius 3 is 2.44 bits per heavy atom. The summed E-state index contributed by atoms with van der Waals surface area (Å²) in [5, 5.41) is 4.94. The van der Waals surface area contributed by atoms with E-state index in [1.807, 2.05) is 12.3 Å². The molecule has 0 fully saturated rings. The smallest absolute Gasteiger partial charge is 0.261 e. The Balaban J connectivity index is 1.85. The maximum Gasteiger partial charge on any atom is 0.261 e. The third-order valence-corrected chi connectivity index (χ3v) is 5.88. The van der Waals surface area contributed by atoms with Gasteiger partial charge in [-0.1, -0.05) is 12.1 Å². The van der Waals surface area contributed by atoms with Crippen LogP contribution >= 0.6 is 11.3 Å². The van der Waals surface area contributed by atoms with E-state index in [0.29, 0.717) is 10.9 Å². The van der Waals surface area contributed by atoms with E-state index in [4.69, 9.17) is 4.74 Å². The summed E-state index contributed by atoms with van der Waals surface area (Å²) in [5.74, 6) is 0.102. The lowest BCUT2D eigenvalue weighted by molar-refractivity contribution is 0.102. The molecule has 0 aliphatic carbocycles. The molecule has 3 rings (SSSR count). The van der Waals surface area contributed by atoms with Gasteiger partial charge in [-0.2, -0.15) is 0 Å². The van der Waals surface area contributed by atoms with Gasteiger partial charge in [-0.25, -0.2) is 13.4 Å². The SMILES string of the molecule is COc1ccc(S(=O)(=O)Nc2ccccc2C(=O)Nc2nc(C)cs2)cc1. The maximum atomic E-state index is 12.6. The molecule has 7 nitrogen and oxygen atoms in total. The summed E-state index contributed by atoms with van der Waals surface area (Å²) >= 11 is 1.30. The molecular weight excluding hydrogens is 386 g/mol. The highest BCUT2D eigenvalue weighted by Crippen LogP contribution is 2.23. The first-order valence-electron chi connectivity index (χ1n) is 7.88. The van der Waals surface area contributed by atoms with Crippen LogP contribution in [0.2, 0.25) is 0 Å². The Labute approximate surface area is 161 Å². The number of ether oxygens (including phenoxy) is 1. The number of anilines is 2. The number of nitrogens with one attached hydrogen (secondary N) is 2. The van der Waals surface area contributed by atoms with Crippen LogP contribution in [-0.2, 0) is 10.0 Å². The average Bonchev–Trinajstić information content (AvgIpc) is 3.06. The van der Waals surface area contributed by atoms with Gasteiger partial charge in [0.15, 0.2) is 5.13 Å². The van der Waals surface area contributed by atoms with Crippen molar-refractivity contribution in [2.75, 3.05) is 17.1 Å². The molecule has 0 aliphatic heterocycles. The second-order valence-electron chi connectivity index (χ2n) is 5.57. The van der Waals surface area contributed by atoms with Gasteiger partial charge in [0.05, 0.1) is 29.0 Å². The topological polar surface area (TPSA) is 97.4 Å². The number of sulfonamides is 1. The van der Waals surface area contributed by atoms with Crippen LogP contribution in [0.15, 0.2) is 58.8 Å². The zero-order valence-corrected chi connectivity index (χ0v) is 16.2. The van der Waals surface area contributed by atoms with Crippen molar-refractivity contribution in [3.8, 4) is 5.75 Å². The summed E-state index contributed by atoms with van der Waals surface area (Å²) in [6.45, 7) is 1.82. The lowest BCUT2D eigenvalue weighted by Crippen LogP contribution is -2.18. The van der Waals surface area contributed by atoms with Crippen molar-refractivity contribution in [3.63, 3.8) is 0 Å². The summed E-state index contributed by atoms with van der Waals surface area (Å²) in [5.41, 5.74) is 1.17. The van der Waals surface area contributed by atoms with Crippen molar-refractivity contribution in [3.05, 3.63) is 65.2 Å².